The Morgan fingerprint density at radius 1 is 1.56 bits per heavy atom. The Bertz CT molecular complexity index is 528. The Morgan fingerprint density at radius 3 is 3.06 bits per heavy atom. The normalized spacial score (nSPS) is 12.1. The van der Waals surface area contributed by atoms with Crippen molar-refractivity contribution in [2.45, 2.75) is 19.4 Å². The molecule has 6 heteroatoms. The maximum atomic E-state index is 10.8. The van der Waals surface area contributed by atoms with Gasteiger partial charge in [-0.1, -0.05) is 0 Å². The zero-order valence-electron chi connectivity index (χ0n) is 9.87. The first-order valence-corrected chi connectivity index (χ1v) is 6.47. The topological polar surface area (TPSA) is 68.1 Å². The molecular weight excluding hydrogens is 250 g/mol. The molecule has 5 nitrogen and oxygen atoms in total. The van der Waals surface area contributed by atoms with Crippen molar-refractivity contribution in [2.75, 3.05) is 5.32 Å². The predicted octanol–water partition coefficient (Wildman–Crippen LogP) is 3.09. The smallest absolute Gasteiger partial charge is 0.310 e. The molecule has 0 aliphatic heterocycles. The van der Waals surface area contributed by atoms with E-state index in [9.17, 15) is 10.1 Å². The molecule has 2 aromatic rings. The van der Waals surface area contributed by atoms with Crippen molar-refractivity contribution in [3.8, 4) is 0 Å². The van der Waals surface area contributed by atoms with Crippen molar-refractivity contribution in [3.05, 3.63) is 51.0 Å². The average Bonchev–Trinajstić information content (AvgIpc) is 2.82. The SMILES string of the molecule is CC(Cc1ccsc1)Nc1ccncc1[N+](=O)[O-]. The molecule has 1 N–H and O–H groups in total. The number of aromatic nitrogens is 1. The van der Waals surface area contributed by atoms with Gasteiger partial charge in [0.25, 0.3) is 0 Å². The third-order valence-corrected chi connectivity index (χ3v) is 3.25. The van der Waals surface area contributed by atoms with Gasteiger partial charge in [-0.15, -0.1) is 0 Å². The van der Waals surface area contributed by atoms with Crippen LogP contribution in [0.3, 0.4) is 0 Å². The van der Waals surface area contributed by atoms with Gasteiger partial charge in [0.15, 0.2) is 0 Å². The molecule has 0 radical (unpaired) electrons. The summed E-state index contributed by atoms with van der Waals surface area (Å²) in [5, 5.41) is 18.1. The summed E-state index contributed by atoms with van der Waals surface area (Å²) in [7, 11) is 0. The summed E-state index contributed by atoms with van der Waals surface area (Å²) in [5.41, 5.74) is 1.75. The molecule has 0 saturated carbocycles. The molecule has 1 atom stereocenters. The third-order valence-electron chi connectivity index (χ3n) is 2.52. The zero-order chi connectivity index (χ0) is 13.0. The number of nitrogens with one attached hydrogen (secondary N) is 1. The van der Waals surface area contributed by atoms with E-state index in [1.54, 1.807) is 23.6 Å². The van der Waals surface area contributed by atoms with Gasteiger partial charge in [0, 0.05) is 12.2 Å². The van der Waals surface area contributed by atoms with E-state index < -0.39 is 4.92 Å². The predicted molar refractivity (Wildman–Crippen MR) is 72.0 cm³/mol. The second kappa shape index (κ2) is 5.59. The minimum atomic E-state index is -0.424. The standard InChI is InChI=1S/C12H13N3O2S/c1-9(6-10-3-5-18-8-10)14-11-2-4-13-7-12(11)15(16)17/h2-5,7-9H,6H2,1H3,(H,13,14). The molecule has 0 aliphatic rings. The first kappa shape index (κ1) is 12.5. The van der Waals surface area contributed by atoms with Crippen LogP contribution < -0.4 is 5.32 Å². The van der Waals surface area contributed by atoms with E-state index in [0.717, 1.165) is 6.42 Å². The number of hydrogen-bond acceptors (Lipinski definition) is 5. The number of thiophene rings is 1. The molecule has 0 fully saturated rings. The summed E-state index contributed by atoms with van der Waals surface area (Å²) >= 11 is 1.65. The first-order valence-electron chi connectivity index (χ1n) is 5.53. The third kappa shape index (κ3) is 3.04. The Balaban J connectivity index is 2.07. The molecule has 2 heterocycles. The lowest BCUT2D eigenvalue weighted by Crippen LogP contribution is -2.18. The maximum Gasteiger partial charge on any atom is 0.310 e. The van der Waals surface area contributed by atoms with Crippen LogP contribution in [0.2, 0.25) is 0 Å². The van der Waals surface area contributed by atoms with Gasteiger partial charge in [-0.05, 0) is 41.8 Å². The molecule has 0 spiro atoms. The number of pyridine rings is 1. The largest absolute Gasteiger partial charge is 0.377 e. The van der Waals surface area contributed by atoms with Crippen LogP contribution in [-0.4, -0.2) is 15.9 Å². The minimum absolute atomic E-state index is 0.00895. The van der Waals surface area contributed by atoms with Crippen LogP contribution in [0.5, 0.6) is 0 Å². The van der Waals surface area contributed by atoms with Crippen LogP contribution in [0.25, 0.3) is 0 Å². The van der Waals surface area contributed by atoms with Crippen molar-refractivity contribution in [1.82, 2.24) is 4.98 Å². The van der Waals surface area contributed by atoms with Gasteiger partial charge in [0.2, 0.25) is 0 Å². The summed E-state index contributed by atoms with van der Waals surface area (Å²) in [4.78, 5) is 14.2. The number of rotatable bonds is 5. The van der Waals surface area contributed by atoms with Crippen molar-refractivity contribution >= 4 is 22.7 Å². The molecule has 94 valence electrons. The first-order chi connectivity index (χ1) is 8.66. The van der Waals surface area contributed by atoms with Crippen LogP contribution in [0.4, 0.5) is 11.4 Å². The molecule has 0 bridgehead atoms. The van der Waals surface area contributed by atoms with Crippen molar-refractivity contribution in [1.29, 1.82) is 0 Å². The van der Waals surface area contributed by atoms with E-state index >= 15 is 0 Å². The number of anilines is 1. The fourth-order valence-electron chi connectivity index (χ4n) is 1.73. The Labute approximate surface area is 109 Å². The lowest BCUT2D eigenvalue weighted by atomic mass is 10.1. The van der Waals surface area contributed by atoms with E-state index in [0.29, 0.717) is 5.69 Å². The van der Waals surface area contributed by atoms with Gasteiger partial charge >= 0.3 is 5.69 Å². The summed E-state index contributed by atoms with van der Waals surface area (Å²) in [5.74, 6) is 0. The highest BCUT2D eigenvalue weighted by molar-refractivity contribution is 7.07. The van der Waals surface area contributed by atoms with E-state index in [1.165, 1.54) is 11.8 Å². The number of nitrogens with zero attached hydrogens (tertiary/aromatic N) is 2. The number of nitro groups is 1. The Kier molecular flexibility index (Phi) is 3.88. The van der Waals surface area contributed by atoms with Crippen molar-refractivity contribution in [2.24, 2.45) is 0 Å². The second-order valence-corrected chi connectivity index (χ2v) is 4.81. The van der Waals surface area contributed by atoms with E-state index in [4.69, 9.17) is 0 Å². The fourth-order valence-corrected chi connectivity index (χ4v) is 2.41. The molecule has 0 saturated heterocycles. The molecular formula is C12H13N3O2S. The fraction of sp³-hybridized carbons (Fsp3) is 0.250. The van der Waals surface area contributed by atoms with Crippen LogP contribution in [0.1, 0.15) is 12.5 Å². The lowest BCUT2D eigenvalue weighted by Gasteiger charge is -2.14. The van der Waals surface area contributed by atoms with E-state index in [2.05, 4.69) is 21.7 Å². The quantitative estimate of drug-likeness (QED) is 0.665. The van der Waals surface area contributed by atoms with Gasteiger partial charge < -0.3 is 5.32 Å². The highest BCUT2D eigenvalue weighted by Crippen LogP contribution is 2.23. The van der Waals surface area contributed by atoms with Crippen LogP contribution in [0, 0.1) is 10.1 Å². The molecule has 18 heavy (non-hydrogen) atoms. The van der Waals surface area contributed by atoms with E-state index in [1.807, 2.05) is 12.3 Å². The maximum absolute atomic E-state index is 10.8. The highest BCUT2D eigenvalue weighted by atomic mass is 32.1. The molecule has 0 amide bonds. The van der Waals surface area contributed by atoms with Crippen molar-refractivity contribution < 1.29 is 4.92 Å². The minimum Gasteiger partial charge on any atom is -0.377 e. The molecule has 1 unspecified atom stereocenters. The van der Waals surface area contributed by atoms with Crippen LogP contribution >= 0.6 is 11.3 Å². The summed E-state index contributed by atoms with van der Waals surface area (Å²) < 4.78 is 0. The second-order valence-electron chi connectivity index (χ2n) is 4.03. The van der Waals surface area contributed by atoms with Crippen molar-refractivity contribution in [3.63, 3.8) is 0 Å². The lowest BCUT2D eigenvalue weighted by molar-refractivity contribution is -0.384. The monoisotopic (exact) mass is 263 g/mol. The molecule has 2 aromatic heterocycles. The Morgan fingerprint density at radius 2 is 2.39 bits per heavy atom. The van der Waals surface area contributed by atoms with Gasteiger partial charge in [-0.3, -0.25) is 15.1 Å². The zero-order valence-corrected chi connectivity index (χ0v) is 10.7. The average molecular weight is 263 g/mol. The van der Waals surface area contributed by atoms with Gasteiger partial charge in [-0.25, -0.2) is 0 Å². The summed E-state index contributed by atoms with van der Waals surface area (Å²) in [6.45, 7) is 2.00. The summed E-state index contributed by atoms with van der Waals surface area (Å²) in [6, 6.07) is 3.81. The summed E-state index contributed by atoms with van der Waals surface area (Å²) in [6.07, 6.45) is 3.65. The van der Waals surface area contributed by atoms with Gasteiger partial charge in [0.05, 0.1) is 4.92 Å². The number of hydrogen-bond donors (Lipinski definition) is 1. The van der Waals surface area contributed by atoms with Gasteiger partial charge in [-0.2, -0.15) is 11.3 Å². The van der Waals surface area contributed by atoms with Crippen LogP contribution in [0.15, 0.2) is 35.3 Å². The highest BCUT2D eigenvalue weighted by Gasteiger charge is 2.15. The molecule has 2 rings (SSSR count). The van der Waals surface area contributed by atoms with Gasteiger partial charge in [0.1, 0.15) is 11.9 Å². The Hall–Kier alpha value is -1.95. The van der Waals surface area contributed by atoms with Crippen LogP contribution in [-0.2, 0) is 6.42 Å². The van der Waals surface area contributed by atoms with E-state index in [-0.39, 0.29) is 11.7 Å². The molecule has 0 aromatic carbocycles. The molecule has 0 aliphatic carbocycles.